The van der Waals surface area contributed by atoms with E-state index >= 15 is 0 Å². The van der Waals surface area contributed by atoms with Crippen LogP contribution in [0.3, 0.4) is 0 Å². The number of fused-ring (bicyclic) bond motifs is 1. The summed E-state index contributed by atoms with van der Waals surface area (Å²) < 4.78 is 19.2. The first-order valence-electron chi connectivity index (χ1n) is 11.1. The lowest BCUT2D eigenvalue weighted by Crippen LogP contribution is -1.99. The molecule has 5 aromatic rings. The predicted molar refractivity (Wildman–Crippen MR) is 138 cm³/mol. The van der Waals surface area contributed by atoms with E-state index in [4.69, 9.17) is 4.74 Å². The number of carboxylic acid groups (broad SMARTS) is 1. The second-order valence-electron chi connectivity index (χ2n) is 8.13. The van der Waals surface area contributed by atoms with Crippen molar-refractivity contribution in [2.45, 2.75) is 0 Å². The van der Waals surface area contributed by atoms with Crippen LogP contribution in [0, 0.1) is 5.82 Å². The van der Waals surface area contributed by atoms with Gasteiger partial charge in [-0.05, 0) is 87.6 Å². The van der Waals surface area contributed by atoms with Crippen molar-refractivity contribution in [1.82, 2.24) is 0 Å². The second kappa shape index (κ2) is 9.65. The average Bonchev–Trinajstić information content (AvgIpc) is 2.88. The van der Waals surface area contributed by atoms with E-state index in [2.05, 4.69) is 0 Å². The molecule has 5 rings (SSSR count). The van der Waals surface area contributed by atoms with Gasteiger partial charge in [0, 0.05) is 0 Å². The molecule has 1 N–H and O–H groups in total. The molecule has 0 spiro atoms. The first-order valence-corrected chi connectivity index (χ1v) is 11.1. The van der Waals surface area contributed by atoms with Crippen LogP contribution in [0.15, 0.2) is 109 Å². The summed E-state index contributed by atoms with van der Waals surface area (Å²) in [5.74, 6) is 0.227. The number of ether oxygens (including phenoxy) is 1. The SMILES string of the molecule is O=C(O)c1ccc(-c2ccc(F)cc2)cc1C=Cc1ccc2cc(Oc3ccccc3)ccc2c1. The number of hydrogen-bond donors (Lipinski definition) is 1. The van der Waals surface area contributed by atoms with E-state index in [1.807, 2.05) is 72.8 Å². The fourth-order valence-corrected chi connectivity index (χ4v) is 3.94. The maximum absolute atomic E-state index is 13.3. The van der Waals surface area contributed by atoms with Crippen LogP contribution in [-0.2, 0) is 0 Å². The van der Waals surface area contributed by atoms with Crippen LogP contribution in [0.4, 0.5) is 4.39 Å². The molecule has 0 aromatic heterocycles. The van der Waals surface area contributed by atoms with Crippen LogP contribution in [0.1, 0.15) is 21.5 Å². The molecule has 3 nitrogen and oxygen atoms in total. The average molecular weight is 461 g/mol. The molecule has 0 unspecified atom stereocenters. The number of rotatable bonds is 6. The van der Waals surface area contributed by atoms with E-state index in [0.29, 0.717) is 5.56 Å². The Labute approximate surface area is 202 Å². The zero-order valence-electron chi connectivity index (χ0n) is 18.7. The summed E-state index contributed by atoms with van der Waals surface area (Å²) in [5.41, 5.74) is 3.36. The first kappa shape index (κ1) is 22.1. The van der Waals surface area contributed by atoms with Crippen LogP contribution in [0.25, 0.3) is 34.1 Å². The van der Waals surface area contributed by atoms with Crippen molar-refractivity contribution in [3.05, 3.63) is 132 Å². The number of para-hydroxylation sites is 1. The Kier molecular flexibility index (Phi) is 6.10. The van der Waals surface area contributed by atoms with E-state index in [1.165, 1.54) is 12.1 Å². The predicted octanol–water partition coefficient (Wildman–Crippen LogP) is 8.31. The standard InChI is InChI=1S/C31H21FO3/c32-27-14-10-22(11-15-27)24-13-17-30(31(33)34)26(19-24)9-7-21-6-8-25-20-29(16-12-23(25)18-21)35-28-4-2-1-3-5-28/h1-20H,(H,33,34). The smallest absolute Gasteiger partial charge is 0.336 e. The highest BCUT2D eigenvalue weighted by atomic mass is 19.1. The zero-order chi connectivity index (χ0) is 24.2. The van der Waals surface area contributed by atoms with Crippen molar-refractivity contribution in [2.24, 2.45) is 0 Å². The topological polar surface area (TPSA) is 46.5 Å². The molecule has 0 aliphatic rings. The molecule has 0 aliphatic carbocycles. The number of carboxylic acids is 1. The fourth-order valence-electron chi connectivity index (χ4n) is 3.94. The molecule has 0 amide bonds. The summed E-state index contributed by atoms with van der Waals surface area (Å²) in [6, 6.07) is 32.8. The van der Waals surface area contributed by atoms with Gasteiger partial charge in [0.2, 0.25) is 0 Å². The molecule has 0 aliphatic heterocycles. The lowest BCUT2D eigenvalue weighted by atomic mass is 9.98. The third-order valence-electron chi connectivity index (χ3n) is 5.73. The van der Waals surface area contributed by atoms with E-state index in [0.717, 1.165) is 39.0 Å². The fraction of sp³-hybridized carbons (Fsp3) is 0. The van der Waals surface area contributed by atoms with E-state index in [9.17, 15) is 14.3 Å². The van der Waals surface area contributed by atoms with Gasteiger partial charge in [-0.15, -0.1) is 0 Å². The van der Waals surface area contributed by atoms with Gasteiger partial charge < -0.3 is 9.84 Å². The molecule has 0 atom stereocenters. The molecule has 170 valence electrons. The maximum atomic E-state index is 13.3. The lowest BCUT2D eigenvalue weighted by Gasteiger charge is -2.08. The van der Waals surface area contributed by atoms with E-state index in [-0.39, 0.29) is 11.4 Å². The molecule has 5 aromatic carbocycles. The van der Waals surface area contributed by atoms with Crippen molar-refractivity contribution in [2.75, 3.05) is 0 Å². The summed E-state index contributed by atoms with van der Waals surface area (Å²) in [4.78, 5) is 11.8. The molecule has 0 radical (unpaired) electrons. The summed E-state index contributed by atoms with van der Waals surface area (Å²) in [7, 11) is 0. The summed E-state index contributed by atoms with van der Waals surface area (Å²) in [5, 5.41) is 11.7. The number of carbonyl (C=O) groups is 1. The Morgan fingerprint density at radius 3 is 2.17 bits per heavy atom. The van der Waals surface area contributed by atoms with Gasteiger partial charge >= 0.3 is 5.97 Å². The van der Waals surface area contributed by atoms with Crippen LogP contribution in [0.5, 0.6) is 11.5 Å². The lowest BCUT2D eigenvalue weighted by molar-refractivity contribution is 0.0696. The summed E-state index contributed by atoms with van der Waals surface area (Å²) in [6.45, 7) is 0. The molecular weight excluding hydrogens is 439 g/mol. The minimum Gasteiger partial charge on any atom is -0.478 e. The summed E-state index contributed by atoms with van der Waals surface area (Å²) in [6.07, 6.45) is 3.69. The third-order valence-corrected chi connectivity index (χ3v) is 5.73. The van der Waals surface area contributed by atoms with Crippen molar-refractivity contribution < 1.29 is 19.0 Å². The molecular formula is C31H21FO3. The van der Waals surface area contributed by atoms with Crippen LogP contribution in [-0.4, -0.2) is 11.1 Å². The van der Waals surface area contributed by atoms with Crippen LogP contribution >= 0.6 is 0 Å². The molecule has 4 heteroatoms. The molecule has 0 heterocycles. The van der Waals surface area contributed by atoms with Gasteiger partial charge in [-0.2, -0.15) is 0 Å². The van der Waals surface area contributed by atoms with E-state index in [1.54, 1.807) is 36.4 Å². The van der Waals surface area contributed by atoms with Gasteiger partial charge in [0.1, 0.15) is 17.3 Å². The van der Waals surface area contributed by atoms with Gasteiger partial charge in [0.15, 0.2) is 0 Å². The van der Waals surface area contributed by atoms with Gasteiger partial charge in [-0.3, -0.25) is 0 Å². The van der Waals surface area contributed by atoms with Gasteiger partial charge in [0.05, 0.1) is 5.56 Å². The van der Waals surface area contributed by atoms with Crippen LogP contribution < -0.4 is 4.74 Å². The summed E-state index contributed by atoms with van der Waals surface area (Å²) >= 11 is 0. The van der Waals surface area contributed by atoms with Crippen molar-refractivity contribution >= 4 is 28.9 Å². The van der Waals surface area contributed by atoms with Gasteiger partial charge in [-0.1, -0.05) is 66.7 Å². The molecule has 35 heavy (non-hydrogen) atoms. The van der Waals surface area contributed by atoms with Gasteiger partial charge in [-0.25, -0.2) is 9.18 Å². The highest BCUT2D eigenvalue weighted by Gasteiger charge is 2.10. The number of aromatic carboxylic acids is 1. The number of hydrogen-bond acceptors (Lipinski definition) is 2. The Morgan fingerprint density at radius 1 is 0.686 bits per heavy atom. The molecule has 0 bridgehead atoms. The molecule has 0 saturated carbocycles. The Morgan fingerprint density at radius 2 is 1.40 bits per heavy atom. The first-order chi connectivity index (χ1) is 17.0. The Bertz CT molecular complexity index is 1540. The maximum Gasteiger partial charge on any atom is 0.336 e. The third kappa shape index (κ3) is 5.12. The number of halogens is 1. The minimum atomic E-state index is -1.00. The van der Waals surface area contributed by atoms with Crippen molar-refractivity contribution in [3.8, 4) is 22.6 Å². The quantitative estimate of drug-likeness (QED) is 0.259. The van der Waals surface area contributed by atoms with E-state index < -0.39 is 5.97 Å². The number of benzene rings is 5. The molecule has 0 saturated heterocycles. The largest absolute Gasteiger partial charge is 0.478 e. The highest BCUT2D eigenvalue weighted by Crippen LogP contribution is 2.28. The van der Waals surface area contributed by atoms with Crippen LogP contribution in [0.2, 0.25) is 0 Å². The highest BCUT2D eigenvalue weighted by molar-refractivity contribution is 5.95. The minimum absolute atomic E-state index is 0.204. The Hall–Kier alpha value is -4.70. The Balaban J connectivity index is 1.43. The molecule has 0 fully saturated rings. The van der Waals surface area contributed by atoms with Crippen molar-refractivity contribution in [3.63, 3.8) is 0 Å². The second-order valence-corrected chi connectivity index (χ2v) is 8.13. The van der Waals surface area contributed by atoms with Crippen molar-refractivity contribution in [1.29, 1.82) is 0 Å². The zero-order valence-corrected chi connectivity index (χ0v) is 18.7. The normalized spacial score (nSPS) is 11.1. The monoisotopic (exact) mass is 460 g/mol. The van der Waals surface area contributed by atoms with Gasteiger partial charge in [0.25, 0.3) is 0 Å².